The summed E-state index contributed by atoms with van der Waals surface area (Å²) in [5, 5.41) is 4.95. The van der Waals surface area contributed by atoms with Crippen LogP contribution in [0.1, 0.15) is 11.1 Å². The molecule has 0 saturated heterocycles. The van der Waals surface area contributed by atoms with E-state index in [9.17, 15) is 0 Å². The van der Waals surface area contributed by atoms with Crippen LogP contribution in [0.25, 0.3) is 77.8 Å². The Balaban J connectivity index is 0.752. The Kier molecular flexibility index (Phi) is 8.79. The highest BCUT2D eigenvalue weighted by atomic mass is 16.5. The summed E-state index contributed by atoms with van der Waals surface area (Å²) in [5.74, 6) is 5.03. The van der Waals surface area contributed by atoms with Gasteiger partial charge in [-0.05, 0) is 126 Å². The number of hydrogen-bond donors (Lipinski definition) is 0. The number of aromatic nitrogens is 5. The zero-order valence-corrected chi connectivity index (χ0v) is 39.9. The molecule has 0 saturated carbocycles. The quantitative estimate of drug-likeness (QED) is 0.141. The maximum Gasteiger partial charge on any atom is 0.266 e. The van der Waals surface area contributed by atoms with Crippen molar-refractivity contribution in [3.8, 4) is 57.1 Å². The van der Waals surface area contributed by atoms with Crippen molar-refractivity contribution < 1.29 is 9.47 Å². The lowest BCUT2D eigenvalue weighted by Gasteiger charge is -2.42. The summed E-state index contributed by atoms with van der Waals surface area (Å²) in [5.41, 5.74) is 16.5. The van der Waals surface area contributed by atoms with Crippen LogP contribution >= 0.6 is 0 Å². The van der Waals surface area contributed by atoms with Crippen molar-refractivity contribution in [3.05, 3.63) is 236 Å². The molecule has 74 heavy (non-hydrogen) atoms. The van der Waals surface area contributed by atoms with Crippen LogP contribution in [0.2, 0.25) is 0 Å². The van der Waals surface area contributed by atoms with Crippen molar-refractivity contribution in [3.63, 3.8) is 0 Å². The topological polar surface area (TPSA) is 70.2 Å². The molecular weight excluding hydrogens is 908 g/mol. The van der Waals surface area contributed by atoms with Crippen molar-refractivity contribution in [2.24, 2.45) is 0 Å². The van der Waals surface area contributed by atoms with Gasteiger partial charge in [0.25, 0.3) is 6.71 Å². The predicted molar refractivity (Wildman–Crippen MR) is 299 cm³/mol. The third-order valence-corrected chi connectivity index (χ3v) is 15.3. The molecule has 0 bridgehead atoms. The van der Waals surface area contributed by atoms with Gasteiger partial charge in [0.2, 0.25) is 5.95 Å². The Morgan fingerprint density at radius 3 is 1.46 bits per heavy atom. The van der Waals surface area contributed by atoms with Crippen LogP contribution in [-0.2, 0) is 12.8 Å². The van der Waals surface area contributed by atoms with Crippen LogP contribution in [0.15, 0.2) is 224 Å². The number of rotatable bonds is 8. The highest BCUT2D eigenvalue weighted by Crippen LogP contribution is 2.46. The minimum Gasteiger partial charge on any atom is -0.458 e. The second kappa shape index (κ2) is 15.9. The molecule has 16 rings (SSSR count). The van der Waals surface area contributed by atoms with Crippen LogP contribution in [0.5, 0.6) is 23.0 Å². The Bertz CT molecular complexity index is 4320. The van der Waals surface area contributed by atoms with Gasteiger partial charge >= 0.3 is 0 Å². The third kappa shape index (κ3) is 6.13. The lowest BCUT2D eigenvalue weighted by molar-refractivity contribution is 0.463. The largest absolute Gasteiger partial charge is 0.458 e. The number of nitrogens with zero attached hydrogens (tertiary/aromatic N) is 6. The Morgan fingerprint density at radius 1 is 0.351 bits per heavy atom. The lowest BCUT2D eigenvalue weighted by atomic mass is 9.33. The van der Waals surface area contributed by atoms with Gasteiger partial charge in [-0.1, -0.05) is 133 Å². The first kappa shape index (κ1) is 40.9. The minimum atomic E-state index is -0.0998. The fourth-order valence-corrected chi connectivity index (χ4v) is 12.1. The second-order valence-electron chi connectivity index (χ2n) is 19.5. The predicted octanol–water partition coefficient (Wildman–Crippen LogP) is 13.7. The summed E-state index contributed by atoms with van der Waals surface area (Å²) >= 11 is 0. The van der Waals surface area contributed by atoms with E-state index in [2.05, 4.69) is 178 Å². The van der Waals surface area contributed by atoms with E-state index in [0.717, 1.165) is 91.7 Å². The first-order chi connectivity index (χ1) is 36.7. The molecule has 6 heterocycles. The third-order valence-electron chi connectivity index (χ3n) is 15.3. The van der Waals surface area contributed by atoms with Crippen molar-refractivity contribution in [2.45, 2.75) is 12.8 Å². The molecule has 10 aromatic carbocycles. The van der Waals surface area contributed by atoms with Crippen LogP contribution in [-0.4, -0.2) is 30.8 Å². The van der Waals surface area contributed by atoms with Gasteiger partial charge in [0, 0.05) is 60.9 Å². The van der Waals surface area contributed by atoms with E-state index in [1.54, 1.807) is 0 Å². The first-order valence-electron chi connectivity index (χ1n) is 25.2. The highest BCUT2D eigenvalue weighted by Gasteiger charge is 2.48. The van der Waals surface area contributed by atoms with Gasteiger partial charge in [0.05, 0.1) is 22.1 Å². The molecule has 3 aromatic heterocycles. The molecule has 0 unspecified atom stereocenters. The average Bonchev–Trinajstić information content (AvgIpc) is 3.97. The fraction of sp³-hybridized carbons (Fsp3) is 0.0308. The molecule has 0 radical (unpaired) electrons. The summed E-state index contributed by atoms with van der Waals surface area (Å²) < 4.78 is 18.7. The average molecular weight is 949 g/mol. The normalized spacial score (nSPS) is 12.9. The Hall–Kier alpha value is -9.73. The van der Waals surface area contributed by atoms with Crippen LogP contribution < -0.4 is 30.8 Å². The summed E-state index contributed by atoms with van der Waals surface area (Å²) in [4.78, 5) is 17.5. The molecule has 0 amide bonds. The molecule has 0 N–H and O–H groups in total. The summed E-state index contributed by atoms with van der Waals surface area (Å²) in [6.45, 7) is -0.0998. The van der Waals surface area contributed by atoms with Crippen LogP contribution in [0.4, 0.5) is 17.3 Å². The van der Waals surface area contributed by atoms with E-state index in [0.29, 0.717) is 17.6 Å². The van der Waals surface area contributed by atoms with Gasteiger partial charge in [-0.2, -0.15) is 9.97 Å². The SMILES string of the molecule is c1ccc(-c2nc(-c3ccccc3)nc(N3c4cccc5c4B4c6c(cc(CCc7ccc8c(c7)c7ccccc7n8-c7ccc8c(c7)c7ccccc7n8-c7ccccc7)cc6Oc6cccc3c64)O5)n2)cc1. The molecule has 346 valence electrons. The Labute approximate surface area is 426 Å². The first-order valence-corrected chi connectivity index (χ1v) is 25.2. The highest BCUT2D eigenvalue weighted by molar-refractivity contribution is 7.00. The molecule has 3 aliphatic heterocycles. The molecular formula is C65H41BN6O2. The lowest BCUT2D eigenvalue weighted by Crippen LogP contribution is -2.61. The fourth-order valence-electron chi connectivity index (χ4n) is 12.1. The summed E-state index contributed by atoms with van der Waals surface area (Å²) in [6.07, 6.45) is 1.66. The van der Waals surface area contributed by atoms with Gasteiger partial charge in [-0.25, -0.2) is 4.98 Å². The van der Waals surface area contributed by atoms with E-state index in [1.807, 2.05) is 60.7 Å². The number of fused-ring (bicyclic) bond motifs is 6. The smallest absolute Gasteiger partial charge is 0.266 e. The molecule has 8 nitrogen and oxygen atoms in total. The number of hydrogen-bond acceptors (Lipinski definition) is 6. The number of anilines is 3. The molecule has 9 heteroatoms. The van der Waals surface area contributed by atoms with Gasteiger partial charge in [0.15, 0.2) is 11.6 Å². The van der Waals surface area contributed by atoms with E-state index >= 15 is 0 Å². The molecule has 0 atom stereocenters. The van der Waals surface area contributed by atoms with Crippen molar-refractivity contribution in [2.75, 3.05) is 4.90 Å². The number of ether oxygens (including phenoxy) is 2. The number of aryl methyl sites for hydroxylation is 2. The maximum atomic E-state index is 6.97. The Morgan fingerprint density at radius 2 is 0.851 bits per heavy atom. The van der Waals surface area contributed by atoms with Crippen molar-refractivity contribution in [1.82, 2.24) is 24.1 Å². The van der Waals surface area contributed by atoms with Gasteiger partial charge < -0.3 is 18.6 Å². The van der Waals surface area contributed by atoms with E-state index in [-0.39, 0.29) is 6.71 Å². The molecule has 3 aliphatic rings. The second-order valence-corrected chi connectivity index (χ2v) is 19.5. The van der Waals surface area contributed by atoms with Crippen LogP contribution in [0.3, 0.4) is 0 Å². The van der Waals surface area contributed by atoms with Gasteiger partial charge in [-0.15, -0.1) is 0 Å². The monoisotopic (exact) mass is 948 g/mol. The number of benzene rings is 10. The van der Waals surface area contributed by atoms with Crippen LogP contribution in [0, 0.1) is 0 Å². The minimum absolute atomic E-state index is 0.0998. The van der Waals surface area contributed by atoms with E-state index < -0.39 is 0 Å². The summed E-state index contributed by atoms with van der Waals surface area (Å²) in [6, 6.07) is 79.4. The van der Waals surface area contributed by atoms with Gasteiger partial charge in [0.1, 0.15) is 23.0 Å². The maximum absolute atomic E-state index is 6.97. The molecule has 13 aromatic rings. The van der Waals surface area contributed by atoms with Crippen molar-refractivity contribution in [1.29, 1.82) is 0 Å². The zero-order chi connectivity index (χ0) is 48.4. The van der Waals surface area contributed by atoms with Crippen molar-refractivity contribution >= 4 is 84.0 Å². The molecule has 0 spiro atoms. The molecule has 0 aliphatic carbocycles. The number of para-hydroxylation sites is 3. The molecule has 0 fully saturated rings. The van der Waals surface area contributed by atoms with E-state index in [1.165, 1.54) is 49.2 Å². The van der Waals surface area contributed by atoms with Gasteiger partial charge in [-0.3, -0.25) is 4.90 Å². The zero-order valence-electron chi connectivity index (χ0n) is 39.9. The standard InChI is InChI=1S/C65H41BN6O2/c1-4-16-42(17-5-1)63-67-64(43-18-6-2-7-19-43)69-65(68-63)72-54-26-14-28-56-60(54)66-61-55(72)27-15-29-57(61)74-59-38-41(37-58(73-56)62(59)66)31-30-40-32-34-52-48(36-40)46-22-10-13-25-51(46)71(52)45-33-35-53-49(39-45)47-23-11-12-24-50(47)70(53)44-20-8-3-9-21-44/h1-29,32-39H,30-31H2. The summed E-state index contributed by atoms with van der Waals surface area (Å²) in [7, 11) is 0. The van der Waals surface area contributed by atoms with E-state index in [4.69, 9.17) is 24.4 Å².